The van der Waals surface area contributed by atoms with Gasteiger partial charge in [0.1, 0.15) is 5.70 Å². The van der Waals surface area contributed by atoms with E-state index in [0.717, 1.165) is 0 Å². The lowest BCUT2D eigenvalue weighted by Crippen LogP contribution is -2.12. The highest BCUT2D eigenvalue weighted by atomic mass is 127. The lowest BCUT2D eigenvalue weighted by atomic mass is 10.4. The van der Waals surface area contributed by atoms with Crippen molar-refractivity contribution in [2.75, 3.05) is 0 Å². The van der Waals surface area contributed by atoms with E-state index < -0.39 is 5.97 Å². The molecule has 0 aliphatic heterocycles. The summed E-state index contributed by atoms with van der Waals surface area (Å²) in [5.74, 6) is -1.12. The fraction of sp³-hybridized carbons (Fsp3) is 0.429. The van der Waals surface area contributed by atoms with Crippen molar-refractivity contribution in [3.63, 3.8) is 0 Å². The topological polar surface area (TPSA) is 75.7 Å². The van der Waals surface area contributed by atoms with Crippen molar-refractivity contribution >= 4 is 34.8 Å². The van der Waals surface area contributed by atoms with Gasteiger partial charge in [-0.3, -0.25) is 4.99 Å². The molecule has 5 heteroatoms. The molecule has 0 saturated heterocycles. The van der Waals surface area contributed by atoms with Crippen LogP contribution < -0.4 is 5.73 Å². The van der Waals surface area contributed by atoms with Crippen LogP contribution in [0.25, 0.3) is 0 Å². The summed E-state index contributed by atoms with van der Waals surface area (Å²) in [5, 5.41) is 8.47. The summed E-state index contributed by atoms with van der Waals surface area (Å²) in [4.78, 5) is 14.3. The molecule has 0 rings (SSSR count). The summed E-state index contributed by atoms with van der Waals surface area (Å²) in [6.07, 6.45) is 1.47. The number of halogens is 1. The van der Waals surface area contributed by atoms with E-state index in [9.17, 15) is 4.79 Å². The van der Waals surface area contributed by atoms with E-state index >= 15 is 0 Å². The van der Waals surface area contributed by atoms with Gasteiger partial charge in [-0.2, -0.15) is 0 Å². The normalized spacial score (nSPS) is 13.7. The number of nitrogens with two attached hydrogens (primary N) is 1. The first-order chi connectivity index (χ1) is 5.45. The second-order valence-corrected chi connectivity index (χ2v) is 3.60. The van der Waals surface area contributed by atoms with Crippen LogP contribution >= 0.6 is 22.6 Å². The Bertz CT molecular complexity index is 234. The van der Waals surface area contributed by atoms with E-state index in [4.69, 9.17) is 10.8 Å². The van der Waals surface area contributed by atoms with Gasteiger partial charge in [0.15, 0.2) is 0 Å². The van der Waals surface area contributed by atoms with Crippen LogP contribution in [0.3, 0.4) is 0 Å². The highest BCUT2D eigenvalue weighted by Gasteiger charge is 2.05. The van der Waals surface area contributed by atoms with Gasteiger partial charge in [0, 0.05) is 12.3 Å². The quantitative estimate of drug-likeness (QED) is 0.463. The minimum absolute atomic E-state index is 0.149. The summed E-state index contributed by atoms with van der Waals surface area (Å²) >= 11 is 1.84. The summed E-state index contributed by atoms with van der Waals surface area (Å²) in [5.41, 5.74) is 5.06. The molecule has 0 aromatic heterocycles. The minimum Gasteiger partial charge on any atom is -0.477 e. The molecule has 0 spiro atoms. The molecule has 0 aliphatic carbocycles. The van der Waals surface area contributed by atoms with Crippen molar-refractivity contribution in [2.24, 2.45) is 10.7 Å². The molecule has 0 aromatic rings. The fourth-order valence-electron chi connectivity index (χ4n) is 0.386. The molecule has 0 radical (unpaired) electrons. The largest absolute Gasteiger partial charge is 0.477 e. The Kier molecular flexibility index (Phi) is 4.87. The van der Waals surface area contributed by atoms with Crippen molar-refractivity contribution in [2.45, 2.75) is 19.9 Å². The number of allylic oxidation sites excluding steroid dienone is 1. The van der Waals surface area contributed by atoms with Crippen LogP contribution in [0.4, 0.5) is 0 Å². The van der Waals surface area contributed by atoms with Gasteiger partial charge in [0.05, 0.1) is 3.58 Å². The van der Waals surface area contributed by atoms with Crippen molar-refractivity contribution in [1.29, 1.82) is 0 Å². The first-order valence-corrected chi connectivity index (χ1v) is 4.44. The highest BCUT2D eigenvalue weighted by Crippen LogP contribution is 2.06. The first kappa shape index (κ1) is 11.4. The third-order valence-electron chi connectivity index (χ3n) is 0.974. The maximum absolute atomic E-state index is 10.3. The van der Waals surface area contributed by atoms with Crippen molar-refractivity contribution in [1.82, 2.24) is 0 Å². The number of carboxylic acid groups (broad SMARTS) is 1. The van der Waals surface area contributed by atoms with Gasteiger partial charge in [-0.15, -0.1) is 0 Å². The number of hydrogen-bond acceptors (Lipinski definition) is 3. The molecule has 0 saturated carbocycles. The number of aliphatic imine (C=N–C) groups is 1. The number of carboxylic acids is 1. The third kappa shape index (κ3) is 4.32. The zero-order valence-electron chi connectivity index (χ0n) is 6.91. The Hall–Kier alpha value is -0.590. The maximum Gasteiger partial charge on any atom is 0.352 e. The predicted molar refractivity (Wildman–Crippen MR) is 56.5 cm³/mol. The van der Waals surface area contributed by atoms with Crippen LogP contribution in [0.15, 0.2) is 14.3 Å². The Morgan fingerprint density at radius 2 is 2.17 bits per heavy atom. The maximum atomic E-state index is 10.3. The molecule has 0 amide bonds. The van der Waals surface area contributed by atoms with Crippen LogP contribution in [-0.4, -0.2) is 23.3 Å². The van der Waals surface area contributed by atoms with E-state index in [0.29, 0.717) is 3.58 Å². The third-order valence-corrected chi connectivity index (χ3v) is 1.83. The van der Waals surface area contributed by atoms with Crippen LogP contribution in [0.5, 0.6) is 0 Å². The number of aliphatic carboxylic acids is 1. The molecular formula is C7H11IN2O2. The molecule has 0 unspecified atom stereocenters. The Morgan fingerprint density at radius 3 is 2.50 bits per heavy atom. The van der Waals surface area contributed by atoms with Crippen molar-refractivity contribution < 1.29 is 9.90 Å². The van der Waals surface area contributed by atoms with Crippen LogP contribution in [0.2, 0.25) is 0 Å². The average molecular weight is 282 g/mol. The Balaban J connectivity index is 4.47. The number of rotatable bonds is 3. The Labute approximate surface area is 84.7 Å². The smallest absolute Gasteiger partial charge is 0.352 e. The highest BCUT2D eigenvalue weighted by molar-refractivity contribution is 14.1. The van der Waals surface area contributed by atoms with E-state index in [1.54, 1.807) is 0 Å². The van der Waals surface area contributed by atoms with Crippen molar-refractivity contribution in [3.05, 3.63) is 9.28 Å². The lowest BCUT2D eigenvalue weighted by Gasteiger charge is -1.96. The van der Waals surface area contributed by atoms with Gasteiger partial charge in [0.2, 0.25) is 0 Å². The second kappa shape index (κ2) is 5.13. The zero-order valence-corrected chi connectivity index (χ0v) is 9.07. The monoisotopic (exact) mass is 282 g/mol. The lowest BCUT2D eigenvalue weighted by molar-refractivity contribution is -0.132. The molecule has 0 aromatic carbocycles. The molecule has 0 bridgehead atoms. The number of hydrogen-bond donors (Lipinski definition) is 2. The molecule has 0 aliphatic rings. The van der Waals surface area contributed by atoms with Gasteiger partial charge in [-0.05, 0) is 36.4 Å². The summed E-state index contributed by atoms with van der Waals surface area (Å²) in [6, 6.07) is 0.149. The van der Waals surface area contributed by atoms with E-state index in [1.807, 2.05) is 36.4 Å². The van der Waals surface area contributed by atoms with Crippen LogP contribution in [-0.2, 0) is 4.79 Å². The van der Waals surface area contributed by atoms with Gasteiger partial charge in [-0.1, -0.05) is 0 Å². The molecule has 3 N–H and O–H groups in total. The molecule has 4 nitrogen and oxygen atoms in total. The Morgan fingerprint density at radius 1 is 1.67 bits per heavy atom. The second-order valence-electron chi connectivity index (χ2n) is 2.44. The standard InChI is InChI=1S/C7H11IN2O2/c1-4(2)10-3-5(8)6(9)7(11)12/h3-4H,9H2,1-2H3,(H,11,12). The van der Waals surface area contributed by atoms with Gasteiger partial charge in [-0.25, -0.2) is 4.79 Å². The van der Waals surface area contributed by atoms with Crippen LogP contribution in [0.1, 0.15) is 13.8 Å². The van der Waals surface area contributed by atoms with Gasteiger partial charge < -0.3 is 10.8 Å². The van der Waals surface area contributed by atoms with Gasteiger partial charge >= 0.3 is 5.97 Å². The molecule has 12 heavy (non-hydrogen) atoms. The van der Waals surface area contributed by atoms with E-state index in [-0.39, 0.29) is 11.7 Å². The predicted octanol–water partition coefficient (Wildman–Crippen LogP) is 1.16. The number of carbonyl (C=O) groups is 1. The van der Waals surface area contributed by atoms with E-state index in [2.05, 4.69) is 4.99 Å². The zero-order chi connectivity index (χ0) is 9.72. The van der Waals surface area contributed by atoms with E-state index in [1.165, 1.54) is 6.21 Å². The SMILES string of the molecule is CC(C)N=CC(I)=C(N)C(=O)O. The molecule has 68 valence electrons. The fourth-order valence-corrected chi connectivity index (χ4v) is 0.778. The summed E-state index contributed by atoms with van der Waals surface area (Å²) in [7, 11) is 0. The molecular weight excluding hydrogens is 271 g/mol. The molecule has 0 atom stereocenters. The van der Waals surface area contributed by atoms with Gasteiger partial charge in [0.25, 0.3) is 0 Å². The van der Waals surface area contributed by atoms with Crippen LogP contribution in [0, 0.1) is 0 Å². The summed E-state index contributed by atoms with van der Waals surface area (Å²) < 4.78 is 0.453. The number of nitrogens with zero attached hydrogens (tertiary/aromatic N) is 1. The van der Waals surface area contributed by atoms with Crippen molar-refractivity contribution in [3.8, 4) is 0 Å². The average Bonchev–Trinajstić information content (AvgIpc) is 1.98. The first-order valence-electron chi connectivity index (χ1n) is 3.37. The molecule has 0 fully saturated rings. The molecule has 0 heterocycles. The summed E-state index contributed by atoms with van der Waals surface area (Å²) in [6.45, 7) is 3.80. The minimum atomic E-state index is -1.12.